The van der Waals surface area contributed by atoms with Crippen molar-refractivity contribution in [3.05, 3.63) is 18.7 Å². The van der Waals surface area contributed by atoms with Crippen LogP contribution in [0.4, 0.5) is 4.79 Å². The van der Waals surface area contributed by atoms with Gasteiger partial charge >= 0.3 is 6.03 Å². The van der Waals surface area contributed by atoms with Crippen molar-refractivity contribution in [1.82, 2.24) is 24.7 Å². The Bertz CT molecular complexity index is 363. The molecule has 1 rings (SSSR count). The molecule has 0 aliphatic carbocycles. The van der Waals surface area contributed by atoms with Crippen LogP contribution in [-0.4, -0.2) is 65.7 Å². The fraction of sp³-hybridized carbons (Fsp3) is 0.692. The molecule has 0 saturated carbocycles. The van der Waals surface area contributed by atoms with Crippen molar-refractivity contribution in [1.29, 1.82) is 0 Å². The van der Waals surface area contributed by atoms with E-state index in [0.29, 0.717) is 19.1 Å². The van der Waals surface area contributed by atoms with Gasteiger partial charge in [-0.25, -0.2) is 9.78 Å². The largest absolute Gasteiger partial charge is 0.336 e. The van der Waals surface area contributed by atoms with E-state index in [1.54, 1.807) is 17.4 Å². The van der Waals surface area contributed by atoms with Gasteiger partial charge < -0.3 is 19.7 Å². The van der Waals surface area contributed by atoms with Crippen LogP contribution < -0.4 is 5.32 Å². The van der Waals surface area contributed by atoms with Crippen molar-refractivity contribution in [3.8, 4) is 0 Å². The number of carbonyl (C=O) groups excluding carboxylic acids is 1. The summed E-state index contributed by atoms with van der Waals surface area (Å²) in [5, 5.41) is 2.97. The van der Waals surface area contributed by atoms with Gasteiger partial charge in [0.2, 0.25) is 0 Å². The Balaban J connectivity index is 2.28. The predicted molar refractivity (Wildman–Crippen MR) is 76.0 cm³/mol. The highest BCUT2D eigenvalue weighted by atomic mass is 16.2. The van der Waals surface area contributed by atoms with Gasteiger partial charge in [-0.2, -0.15) is 0 Å². The number of hydrogen-bond donors (Lipinski definition) is 1. The van der Waals surface area contributed by atoms with E-state index < -0.39 is 0 Å². The molecular weight excluding hydrogens is 242 g/mol. The number of nitrogens with one attached hydrogen (secondary N) is 1. The molecule has 0 saturated heterocycles. The SMILES string of the molecule is CC[C@H](CNC(=O)N(C)CCn1ccnc1)N(C)C. The Labute approximate surface area is 115 Å². The van der Waals surface area contributed by atoms with E-state index in [1.165, 1.54) is 0 Å². The molecule has 1 N–H and O–H groups in total. The average molecular weight is 267 g/mol. The van der Waals surface area contributed by atoms with Crippen LogP contribution in [0.25, 0.3) is 0 Å². The topological polar surface area (TPSA) is 53.4 Å². The van der Waals surface area contributed by atoms with Crippen LogP contribution in [0.15, 0.2) is 18.7 Å². The molecule has 0 aliphatic heterocycles. The summed E-state index contributed by atoms with van der Waals surface area (Å²) < 4.78 is 1.96. The zero-order valence-corrected chi connectivity index (χ0v) is 12.3. The number of aromatic nitrogens is 2. The second-order valence-corrected chi connectivity index (χ2v) is 4.93. The minimum absolute atomic E-state index is 0.0274. The van der Waals surface area contributed by atoms with E-state index in [2.05, 4.69) is 22.1 Å². The molecule has 1 atom stereocenters. The van der Waals surface area contributed by atoms with Crippen LogP contribution in [0.5, 0.6) is 0 Å². The molecule has 108 valence electrons. The summed E-state index contributed by atoms with van der Waals surface area (Å²) in [7, 11) is 5.87. The van der Waals surface area contributed by atoms with Crippen molar-refractivity contribution in [2.75, 3.05) is 34.2 Å². The molecular formula is C13H25N5O. The van der Waals surface area contributed by atoms with Gasteiger partial charge in [-0.3, -0.25) is 0 Å². The molecule has 0 aromatic carbocycles. The maximum Gasteiger partial charge on any atom is 0.317 e. The molecule has 6 heteroatoms. The van der Waals surface area contributed by atoms with E-state index >= 15 is 0 Å². The Morgan fingerprint density at radius 1 is 1.42 bits per heavy atom. The Morgan fingerprint density at radius 2 is 2.16 bits per heavy atom. The molecule has 0 aliphatic rings. The van der Waals surface area contributed by atoms with Gasteiger partial charge in [0.05, 0.1) is 6.33 Å². The molecule has 1 heterocycles. The maximum absolute atomic E-state index is 11.9. The highest BCUT2D eigenvalue weighted by Crippen LogP contribution is 1.97. The predicted octanol–water partition coefficient (Wildman–Crippen LogP) is 0.865. The fourth-order valence-electron chi connectivity index (χ4n) is 1.82. The zero-order chi connectivity index (χ0) is 14.3. The van der Waals surface area contributed by atoms with Crippen molar-refractivity contribution >= 4 is 6.03 Å². The maximum atomic E-state index is 11.9. The third-order valence-electron chi connectivity index (χ3n) is 3.29. The van der Waals surface area contributed by atoms with E-state index in [0.717, 1.165) is 13.0 Å². The summed E-state index contributed by atoms with van der Waals surface area (Å²) in [4.78, 5) is 19.7. The molecule has 6 nitrogen and oxygen atoms in total. The highest BCUT2D eigenvalue weighted by molar-refractivity contribution is 5.73. The van der Waals surface area contributed by atoms with Gasteiger partial charge in [0, 0.05) is 45.1 Å². The number of rotatable bonds is 7. The van der Waals surface area contributed by atoms with E-state index in [4.69, 9.17) is 0 Å². The van der Waals surface area contributed by atoms with Crippen molar-refractivity contribution in [3.63, 3.8) is 0 Å². The number of urea groups is 1. The zero-order valence-electron chi connectivity index (χ0n) is 12.3. The average Bonchev–Trinajstić information content (AvgIpc) is 2.89. The van der Waals surface area contributed by atoms with Gasteiger partial charge in [0.25, 0.3) is 0 Å². The molecule has 1 aromatic heterocycles. The quantitative estimate of drug-likeness (QED) is 0.797. The van der Waals surface area contributed by atoms with Crippen LogP contribution in [0.2, 0.25) is 0 Å². The number of imidazole rings is 1. The lowest BCUT2D eigenvalue weighted by atomic mass is 10.2. The first-order valence-electron chi connectivity index (χ1n) is 6.65. The van der Waals surface area contributed by atoms with Crippen LogP contribution >= 0.6 is 0 Å². The number of hydrogen-bond acceptors (Lipinski definition) is 3. The third-order valence-corrected chi connectivity index (χ3v) is 3.29. The Morgan fingerprint density at radius 3 is 2.68 bits per heavy atom. The van der Waals surface area contributed by atoms with E-state index in [-0.39, 0.29) is 6.03 Å². The highest BCUT2D eigenvalue weighted by Gasteiger charge is 2.12. The van der Waals surface area contributed by atoms with Gasteiger partial charge in [-0.05, 0) is 20.5 Å². The number of nitrogens with zero attached hydrogens (tertiary/aromatic N) is 4. The first kappa shape index (κ1) is 15.5. The smallest absolute Gasteiger partial charge is 0.317 e. The van der Waals surface area contributed by atoms with E-state index in [9.17, 15) is 4.79 Å². The number of likely N-dealkylation sites (N-methyl/N-ethyl adjacent to an activating group) is 2. The van der Waals surface area contributed by atoms with Crippen molar-refractivity contribution in [2.45, 2.75) is 25.9 Å². The lowest BCUT2D eigenvalue weighted by Gasteiger charge is -2.25. The van der Waals surface area contributed by atoms with Crippen LogP contribution in [-0.2, 0) is 6.54 Å². The molecule has 0 unspecified atom stereocenters. The molecule has 0 radical (unpaired) electrons. The Kier molecular flexibility index (Phi) is 6.35. The Hall–Kier alpha value is -1.56. The van der Waals surface area contributed by atoms with Crippen LogP contribution in [0.1, 0.15) is 13.3 Å². The monoisotopic (exact) mass is 267 g/mol. The minimum atomic E-state index is -0.0274. The molecule has 0 fully saturated rings. The summed E-state index contributed by atoms with van der Waals surface area (Å²) in [5.41, 5.74) is 0. The number of carbonyl (C=O) groups is 1. The molecule has 19 heavy (non-hydrogen) atoms. The van der Waals surface area contributed by atoms with Gasteiger partial charge in [-0.15, -0.1) is 0 Å². The van der Waals surface area contributed by atoms with Gasteiger partial charge in [-0.1, -0.05) is 6.92 Å². The summed E-state index contributed by atoms with van der Waals surface area (Å²) in [6.07, 6.45) is 6.41. The normalized spacial score (nSPS) is 12.5. The second-order valence-electron chi connectivity index (χ2n) is 4.93. The summed E-state index contributed by atoms with van der Waals surface area (Å²) in [5.74, 6) is 0. The summed E-state index contributed by atoms with van der Waals surface area (Å²) in [6.45, 7) is 4.23. The van der Waals surface area contributed by atoms with Crippen LogP contribution in [0, 0.1) is 0 Å². The second kappa shape index (κ2) is 7.78. The summed E-state index contributed by atoms with van der Waals surface area (Å²) >= 11 is 0. The van der Waals surface area contributed by atoms with E-state index in [1.807, 2.05) is 31.9 Å². The molecule has 2 amide bonds. The standard InChI is InChI=1S/C13H25N5O/c1-5-12(16(2)3)10-15-13(19)17(4)8-9-18-7-6-14-11-18/h6-7,11-12H,5,8-10H2,1-4H3,(H,15,19)/t12-/m1/s1. The van der Waals surface area contributed by atoms with Crippen LogP contribution in [0.3, 0.4) is 0 Å². The first-order chi connectivity index (χ1) is 9.04. The fourth-order valence-corrected chi connectivity index (χ4v) is 1.82. The van der Waals surface area contributed by atoms with Crippen molar-refractivity contribution in [2.24, 2.45) is 0 Å². The molecule has 0 spiro atoms. The van der Waals surface area contributed by atoms with Gasteiger partial charge in [0.15, 0.2) is 0 Å². The first-order valence-corrected chi connectivity index (χ1v) is 6.65. The lowest BCUT2D eigenvalue weighted by Crippen LogP contribution is -2.45. The third kappa shape index (κ3) is 5.30. The molecule has 1 aromatic rings. The minimum Gasteiger partial charge on any atom is -0.336 e. The molecule has 0 bridgehead atoms. The number of amides is 2. The van der Waals surface area contributed by atoms with Crippen molar-refractivity contribution < 1.29 is 4.79 Å². The summed E-state index contributed by atoms with van der Waals surface area (Å²) in [6, 6.07) is 0.353. The van der Waals surface area contributed by atoms with Gasteiger partial charge in [0.1, 0.15) is 0 Å². The lowest BCUT2D eigenvalue weighted by molar-refractivity contribution is 0.200.